The molecule has 20 nitrogen and oxygen atoms in total. The molecule has 0 unspecified atom stereocenters. The minimum absolute atomic E-state index is 0. The molecule has 4 rings (SSSR count). The molecule has 0 saturated heterocycles. The van der Waals surface area contributed by atoms with Gasteiger partial charge in [-0.1, -0.05) is 160 Å². The average Bonchev–Trinajstić information content (AvgIpc) is 0.808. The predicted octanol–water partition coefficient (Wildman–Crippen LogP) is 19.0. The van der Waals surface area contributed by atoms with E-state index < -0.39 is 22.4 Å². The molecule has 21 heteroatoms. The van der Waals surface area contributed by atoms with E-state index in [1.54, 1.807) is 55.4 Å². The molecule has 0 aliphatic heterocycles. The van der Waals surface area contributed by atoms with Gasteiger partial charge in [0.25, 0.3) is 0 Å². The third-order valence-corrected chi connectivity index (χ3v) is 16.6. The topological polar surface area (TPSA) is 240 Å². The van der Waals surface area contributed by atoms with Crippen LogP contribution in [0.15, 0.2) is 48.5 Å². The van der Waals surface area contributed by atoms with Gasteiger partial charge in [0, 0.05) is 0 Å². The van der Waals surface area contributed by atoms with Crippen molar-refractivity contribution in [2.75, 3.05) is 79.3 Å². The zero-order chi connectivity index (χ0) is 77.7. The predicted molar refractivity (Wildman–Crippen MR) is 407 cm³/mol. The SMILES string of the molecule is CCCCOc1ccc(OCCCC)c(C(C)(C)O[O-])c1OCCCC.CCCCOc1ccc(OCCCC)c(C(C)(C)O[O-])c1OCCCC.CCCCOc1ccc(OCCCC)c(C(C)(C)O[O-])c1OCCCC.CCCCOc1ccc(OCCCC)c(C(C)(C)O[O-])c1OCCCC.[Ti+4]. The van der Waals surface area contributed by atoms with E-state index >= 15 is 0 Å². The van der Waals surface area contributed by atoms with Gasteiger partial charge in [-0.05, 0) is 181 Å². The summed E-state index contributed by atoms with van der Waals surface area (Å²) < 4.78 is 71.7. The van der Waals surface area contributed by atoms with Gasteiger partial charge < -0.3 is 97.4 Å². The van der Waals surface area contributed by atoms with Crippen LogP contribution in [-0.2, 0) is 63.7 Å². The molecule has 0 aliphatic rings. The number of rotatable bonds is 56. The molecule has 600 valence electrons. The van der Waals surface area contributed by atoms with E-state index in [1.807, 2.05) is 48.5 Å². The second-order valence-corrected chi connectivity index (χ2v) is 27.9. The van der Waals surface area contributed by atoms with Crippen LogP contribution >= 0.6 is 0 Å². The van der Waals surface area contributed by atoms with E-state index in [1.165, 1.54) is 0 Å². The monoisotopic (exact) mass is 1520 g/mol. The number of hydrogen-bond acceptors (Lipinski definition) is 20. The third-order valence-electron chi connectivity index (χ3n) is 16.6. The Hall–Kier alpha value is -5.13. The summed E-state index contributed by atoms with van der Waals surface area (Å²) in [5, 5.41) is 45.7. The van der Waals surface area contributed by atoms with Crippen LogP contribution in [0.25, 0.3) is 0 Å². The fraction of sp³-hybridized carbons (Fsp3) is 0.714. The van der Waals surface area contributed by atoms with E-state index in [2.05, 4.69) is 103 Å². The van der Waals surface area contributed by atoms with E-state index in [-0.39, 0.29) is 21.7 Å². The zero-order valence-electron chi connectivity index (χ0n) is 68.7. The Morgan fingerprint density at radius 2 is 0.314 bits per heavy atom. The Kier molecular flexibility index (Phi) is 56.0. The number of ether oxygens (including phenoxy) is 12. The molecule has 0 N–H and O–H groups in total. The molecule has 105 heavy (non-hydrogen) atoms. The van der Waals surface area contributed by atoms with E-state index in [4.69, 9.17) is 56.8 Å². The van der Waals surface area contributed by atoms with Crippen LogP contribution in [-0.4, -0.2) is 79.3 Å². The molecule has 0 bridgehead atoms. The first-order valence-corrected chi connectivity index (χ1v) is 39.5. The van der Waals surface area contributed by atoms with Crippen molar-refractivity contribution in [1.82, 2.24) is 0 Å². The van der Waals surface area contributed by atoms with Gasteiger partial charge in [-0.25, -0.2) is 0 Å². The Bertz CT molecular complexity index is 2440. The van der Waals surface area contributed by atoms with Gasteiger partial charge in [0.15, 0.2) is 46.0 Å². The van der Waals surface area contributed by atoms with E-state index in [0.717, 1.165) is 154 Å². The largest absolute Gasteiger partial charge is 4.00 e. The van der Waals surface area contributed by atoms with Crippen molar-refractivity contribution in [3.8, 4) is 69.0 Å². The van der Waals surface area contributed by atoms with E-state index in [9.17, 15) is 21.0 Å². The van der Waals surface area contributed by atoms with Crippen molar-refractivity contribution < 1.29 is 119 Å². The molecule has 0 heterocycles. The Labute approximate surface area is 649 Å². The number of unbranched alkanes of at least 4 members (excludes halogenated alkanes) is 12. The normalized spacial score (nSPS) is 11.4. The first-order valence-electron chi connectivity index (χ1n) is 39.5. The van der Waals surface area contributed by atoms with Crippen LogP contribution in [0.5, 0.6) is 69.0 Å². The molecule has 0 spiro atoms. The molecule has 0 radical (unpaired) electrons. The summed E-state index contributed by atoms with van der Waals surface area (Å²) in [5.74, 6) is 7.26. The van der Waals surface area contributed by atoms with Crippen LogP contribution in [0.1, 0.15) is 315 Å². The quantitative estimate of drug-likeness (QED) is 0.0173. The van der Waals surface area contributed by atoms with Gasteiger partial charge in [-0.3, -0.25) is 0 Å². The van der Waals surface area contributed by atoms with Crippen LogP contribution in [0.3, 0.4) is 0 Å². The van der Waals surface area contributed by atoms with Crippen LogP contribution in [0, 0.1) is 0 Å². The number of hydrogen-bond donors (Lipinski definition) is 0. The molecule has 0 atom stereocenters. The molecular formula is C84H140O20Ti. The summed E-state index contributed by atoms with van der Waals surface area (Å²) >= 11 is 0. The smallest absolute Gasteiger partial charge is 0.723 e. The summed E-state index contributed by atoms with van der Waals surface area (Å²) in [7, 11) is 0. The van der Waals surface area contributed by atoms with Crippen molar-refractivity contribution in [3.05, 3.63) is 70.8 Å². The molecule has 0 amide bonds. The summed E-state index contributed by atoms with van der Waals surface area (Å²) in [6, 6.07) is 14.8. The molecular weight excluding hydrogens is 1380 g/mol. The maximum absolute atomic E-state index is 11.4. The van der Waals surface area contributed by atoms with Gasteiger partial charge in [-0.15, -0.1) is 0 Å². The number of benzene rings is 4. The summed E-state index contributed by atoms with van der Waals surface area (Å²) in [6.45, 7) is 46.2. The summed E-state index contributed by atoms with van der Waals surface area (Å²) in [5.41, 5.74) is -1.88. The van der Waals surface area contributed by atoms with Gasteiger partial charge in [-0.2, -0.15) is 0 Å². The third kappa shape index (κ3) is 36.8. The molecule has 4 aromatic rings. The van der Waals surface area contributed by atoms with Crippen LogP contribution in [0.4, 0.5) is 0 Å². The van der Waals surface area contributed by atoms with Gasteiger partial charge in [0.2, 0.25) is 0 Å². The van der Waals surface area contributed by atoms with Gasteiger partial charge in [0.05, 0.1) is 124 Å². The summed E-state index contributed by atoms with van der Waals surface area (Å²) in [6.07, 6.45) is 23.7. The maximum Gasteiger partial charge on any atom is 4.00 e. The van der Waals surface area contributed by atoms with Crippen molar-refractivity contribution >= 4 is 0 Å². The van der Waals surface area contributed by atoms with E-state index in [0.29, 0.717) is 171 Å². The van der Waals surface area contributed by atoms with Crippen molar-refractivity contribution in [2.24, 2.45) is 0 Å². The molecule has 0 aliphatic carbocycles. The fourth-order valence-corrected chi connectivity index (χ4v) is 10.0. The second kappa shape index (κ2) is 58.8. The average molecular weight is 1520 g/mol. The van der Waals surface area contributed by atoms with Crippen molar-refractivity contribution in [3.63, 3.8) is 0 Å². The Balaban J connectivity index is 0.00000137. The first-order chi connectivity index (χ1) is 50.0. The first kappa shape index (κ1) is 99.9. The molecule has 0 aromatic heterocycles. The van der Waals surface area contributed by atoms with Crippen molar-refractivity contribution in [2.45, 2.75) is 315 Å². The summed E-state index contributed by atoms with van der Waals surface area (Å²) in [4.78, 5) is 18.1. The second-order valence-electron chi connectivity index (χ2n) is 27.9. The van der Waals surface area contributed by atoms with Crippen LogP contribution in [0.2, 0.25) is 0 Å². The Morgan fingerprint density at radius 1 is 0.200 bits per heavy atom. The zero-order valence-corrected chi connectivity index (χ0v) is 70.3. The molecule has 4 aromatic carbocycles. The van der Waals surface area contributed by atoms with Gasteiger partial charge >= 0.3 is 21.7 Å². The maximum atomic E-state index is 11.4. The minimum Gasteiger partial charge on any atom is -0.723 e. The standard InChI is InChI=1S/4C21H36O5.Ti/c4*1-6-9-14-23-17-12-13-18(24-15-10-7-2)20(25-16-11-8-3)19(17)21(4,5)26-22;/h4*12-13,22H,6-11,14-16H2,1-5H3;/q;;;;+4/p-4. The molecule has 0 fully saturated rings. The minimum atomic E-state index is -1.09. The Morgan fingerprint density at radius 3 is 0.438 bits per heavy atom. The van der Waals surface area contributed by atoms with Crippen molar-refractivity contribution in [1.29, 1.82) is 0 Å². The van der Waals surface area contributed by atoms with Crippen LogP contribution < -0.4 is 77.9 Å². The molecule has 0 saturated carbocycles. The van der Waals surface area contributed by atoms with Gasteiger partial charge in [0.1, 0.15) is 23.0 Å². The fourth-order valence-electron chi connectivity index (χ4n) is 10.0.